The number of primary sulfonamides is 1. The fraction of sp³-hybridized carbons (Fsp3) is 0.235. The molecule has 0 saturated carbocycles. The van der Waals surface area contributed by atoms with Crippen molar-refractivity contribution in [2.24, 2.45) is 5.14 Å². The standard InChI is InChI=1S/C17H16N4O3S3/c1-10-6-11-7-12(27(18,23)24)2-3-14(11)21(10)15(22)8-26-17-13-4-5-25-16(13)19-9-20-17/h2-5,7,9-10H,6,8H2,1H3,(H2,18,23,24)/t10-/m1/s1. The predicted octanol–water partition coefficient (Wildman–Crippen LogP) is 2.41. The molecule has 2 aromatic heterocycles. The van der Waals surface area contributed by atoms with E-state index in [1.165, 1.54) is 35.5 Å². The molecule has 0 unspecified atom stereocenters. The number of fused-ring (bicyclic) bond motifs is 2. The molecule has 2 N–H and O–H groups in total. The van der Waals surface area contributed by atoms with Crippen LogP contribution in [0.4, 0.5) is 5.69 Å². The molecule has 1 aromatic carbocycles. The van der Waals surface area contributed by atoms with Gasteiger partial charge in [-0.3, -0.25) is 4.79 Å². The van der Waals surface area contributed by atoms with Crippen LogP contribution >= 0.6 is 23.1 Å². The number of aromatic nitrogens is 2. The molecule has 0 bridgehead atoms. The van der Waals surface area contributed by atoms with E-state index in [0.29, 0.717) is 6.42 Å². The number of hydrogen-bond acceptors (Lipinski definition) is 7. The van der Waals surface area contributed by atoms with E-state index < -0.39 is 10.0 Å². The van der Waals surface area contributed by atoms with Crippen molar-refractivity contribution in [3.63, 3.8) is 0 Å². The van der Waals surface area contributed by atoms with Gasteiger partial charge in [0.25, 0.3) is 0 Å². The van der Waals surface area contributed by atoms with Crippen LogP contribution in [0.5, 0.6) is 0 Å². The number of hydrogen-bond donors (Lipinski definition) is 1. The molecule has 140 valence electrons. The van der Waals surface area contributed by atoms with Crippen LogP contribution in [0.15, 0.2) is 45.9 Å². The smallest absolute Gasteiger partial charge is 0.238 e. The molecule has 0 saturated heterocycles. The Morgan fingerprint density at radius 1 is 1.37 bits per heavy atom. The molecule has 0 spiro atoms. The van der Waals surface area contributed by atoms with Crippen LogP contribution in [0.3, 0.4) is 0 Å². The van der Waals surface area contributed by atoms with Gasteiger partial charge in [0.05, 0.1) is 10.6 Å². The lowest BCUT2D eigenvalue weighted by molar-refractivity contribution is -0.116. The molecule has 10 heteroatoms. The van der Waals surface area contributed by atoms with Crippen molar-refractivity contribution in [3.8, 4) is 0 Å². The Bertz CT molecular complexity index is 1140. The van der Waals surface area contributed by atoms with E-state index in [0.717, 1.165) is 26.5 Å². The number of nitrogens with zero attached hydrogens (tertiary/aromatic N) is 3. The van der Waals surface area contributed by atoms with Crippen LogP contribution in [-0.2, 0) is 21.2 Å². The van der Waals surface area contributed by atoms with Crippen LogP contribution in [0.1, 0.15) is 12.5 Å². The molecule has 1 atom stereocenters. The molecular weight excluding hydrogens is 404 g/mol. The summed E-state index contributed by atoms with van der Waals surface area (Å²) in [4.78, 5) is 24.1. The number of amides is 1. The molecule has 0 radical (unpaired) electrons. The molecular formula is C17H16N4O3S3. The largest absolute Gasteiger partial charge is 0.308 e. The summed E-state index contributed by atoms with van der Waals surface area (Å²) in [5.41, 5.74) is 1.55. The van der Waals surface area contributed by atoms with Gasteiger partial charge in [-0.1, -0.05) is 11.8 Å². The first-order valence-electron chi connectivity index (χ1n) is 8.13. The SMILES string of the molecule is C[C@@H]1Cc2cc(S(N)(=O)=O)ccc2N1C(=O)CSc1ncnc2sccc12. The zero-order chi connectivity index (χ0) is 19.2. The van der Waals surface area contributed by atoms with Gasteiger partial charge in [-0.05, 0) is 48.6 Å². The van der Waals surface area contributed by atoms with Gasteiger partial charge in [0.1, 0.15) is 16.2 Å². The van der Waals surface area contributed by atoms with Gasteiger partial charge in [-0.15, -0.1) is 11.3 Å². The Kier molecular flexibility index (Phi) is 4.66. The first-order valence-corrected chi connectivity index (χ1v) is 11.5. The van der Waals surface area contributed by atoms with E-state index >= 15 is 0 Å². The second-order valence-corrected chi connectivity index (χ2v) is 9.68. The van der Waals surface area contributed by atoms with E-state index in [-0.39, 0.29) is 22.6 Å². The van der Waals surface area contributed by atoms with Crippen molar-refractivity contribution in [1.29, 1.82) is 0 Å². The lowest BCUT2D eigenvalue weighted by Crippen LogP contribution is -2.37. The number of anilines is 1. The number of sulfonamides is 1. The fourth-order valence-electron chi connectivity index (χ4n) is 3.25. The molecule has 27 heavy (non-hydrogen) atoms. The number of carbonyl (C=O) groups is 1. The van der Waals surface area contributed by atoms with Gasteiger partial charge in [-0.25, -0.2) is 23.5 Å². The first kappa shape index (κ1) is 18.4. The molecule has 3 heterocycles. The summed E-state index contributed by atoms with van der Waals surface area (Å²) in [6, 6.07) is 6.56. The predicted molar refractivity (Wildman–Crippen MR) is 107 cm³/mol. The highest BCUT2D eigenvalue weighted by atomic mass is 32.2. The lowest BCUT2D eigenvalue weighted by Gasteiger charge is -2.22. The second kappa shape index (κ2) is 6.86. The van der Waals surface area contributed by atoms with Crippen molar-refractivity contribution in [2.75, 3.05) is 10.7 Å². The second-order valence-electron chi connectivity index (χ2n) is 6.26. The molecule has 7 nitrogen and oxygen atoms in total. The van der Waals surface area contributed by atoms with Crippen molar-refractivity contribution in [2.45, 2.75) is 29.3 Å². The van der Waals surface area contributed by atoms with Crippen molar-refractivity contribution in [1.82, 2.24) is 9.97 Å². The highest BCUT2D eigenvalue weighted by molar-refractivity contribution is 8.00. The number of benzene rings is 1. The number of nitrogens with two attached hydrogens (primary N) is 1. The molecule has 1 aliphatic heterocycles. The highest BCUT2D eigenvalue weighted by Gasteiger charge is 2.31. The maximum atomic E-state index is 12.9. The Morgan fingerprint density at radius 3 is 2.96 bits per heavy atom. The van der Waals surface area contributed by atoms with E-state index in [2.05, 4.69) is 9.97 Å². The minimum Gasteiger partial charge on any atom is -0.308 e. The molecule has 3 aromatic rings. The average molecular weight is 421 g/mol. The summed E-state index contributed by atoms with van der Waals surface area (Å²) in [7, 11) is -3.76. The van der Waals surface area contributed by atoms with E-state index in [1.54, 1.807) is 17.0 Å². The third-order valence-electron chi connectivity index (χ3n) is 4.42. The van der Waals surface area contributed by atoms with Crippen LogP contribution in [0, 0.1) is 0 Å². The van der Waals surface area contributed by atoms with Crippen LogP contribution in [-0.4, -0.2) is 36.1 Å². The Morgan fingerprint density at radius 2 is 2.19 bits per heavy atom. The Balaban J connectivity index is 1.56. The number of thioether (sulfide) groups is 1. The topological polar surface area (TPSA) is 106 Å². The normalized spacial score (nSPS) is 16.7. The molecule has 1 aliphatic rings. The third-order valence-corrected chi connectivity index (χ3v) is 7.14. The summed E-state index contributed by atoms with van der Waals surface area (Å²) in [5, 5.41) is 8.89. The molecule has 0 aliphatic carbocycles. The van der Waals surface area contributed by atoms with Gasteiger partial charge < -0.3 is 4.90 Å². The van der Waals surface area contributed by atoms with Crippen LogP contribution in [0.2, 0.25) is 0 Å². The lowest BCUT2D eigenvalue weighted by atomic mass is 10.1. The molecule has 1 amide bonds. The van der Waals surface area contributed by atoms with Crippen molar-refractivity contribution >= 4 is 54.9 Å². The van der Waals surface area contributed by atoms with Gasteiger partial charge in [0, 0.05) is 17.1 Å². The maximum Gasteiger partial charge on any atom is 0.238 e. The maximum absolute atomic E-state index is 12.9. The monoisotopic (exact) mass is 420 g/mol. The number of carbonyl (C=O) groups excluding carboxylic acids is 1. The number of thiophene rings is 1. The average Bonchev–Trinajstić information content (AvgIpc) is 3.21. The number of rotatable bonds is 4. The Hall–Kier alpha value is -2.01. The quantitative estimate of drug-likeness (QED) is 0.513. The zero-order valence-electron chi connectivity index (χ0n) is 14.3. The van der Waals surface area contributed by atoms with Crippen LogP contribution in [0.25, 0.3) is 10.2 Å². The zero-order valence-corrected chi connectivity index (χ0v) is 16.8. The highest BCUT2D eigenvalue weighted by Crippen LogP contribution is 2.35. The van der Waals surface area contributed by atoms with Gasteiger partial charge >= 0.3 is 0 Å². The van der Waals surface area contributed by atoms with Crippen LogP contribution < -0.4 is 10.0 Å². The van der Waals surface area contributed by atoms with Crippen molar-refractivity contribution < 1.29 is 13.2 Å². The van der Waals surface area contributed by atoms with E-state index in [9.17, 15) is 13.2 Å². The van der Waals surface area contributed by atoms with Gasteiger partial charge in [0.2, 0.25) is 15.9 Å². The van der Waals surface area contributed by atoms with Gasteiger partial charge in [-0.2, -0.15) is 0 Å². The van der Waals surface area contributed by atoms with E-state index in [4.69, 9.17) is 5.14 Å². The minimum absolute atomic E-state index is 0.0448. The Labute approximate surface area is 164 Å². The summed E-state index contributed by atoms with van der Waals surface area (Å²) < 4.78 is 23.1. The molecule has 0 fully saturated rings. The molecule has 4 rings (SSSR count). The minimum atomic E-state index is -3.76. The summed E-state index contributed by atoms with van der Waals surface area (Å²) >= 11 is 2.92. The fourth-order valence-corrected chi connectivity index (χ4v) is 5.45. The third kappa shape index (κ3) is 3.45. The summed E-state index contributed by atoms with van der Waals surface area (Å²) in [5.74, 6) is 0.194. The van der Waals surface area contributed by atoms with E-state index in [1.807, 2.05) is 18.4 Å². The summed E-state index contributed by atoms with van der Waals surface area (Å²) in [6.07, 6.45) is 2.10. The van der Waals surface area contributed by atoms with Gasteiger partial charge in [0.15, 0.2) is 0 Å². The summed E-state index contributed by atoms with van der Waals surface area (Å²) in [6.45, 7) is 1.95. The first-order chi connectivity index (χ1) is 12.8. The van der Waals surface area contributed by atoms with Crippen molar-refractivity contribution in [3.05, 3.63) is 41.5 Å².